The van der Waals surface area contributed by atoms with Gasteiger partial charge in [0.05, 0.1) is 215 Å². The highest BCUT2D eigenvalue weighted by molar-refractivity contribution is 7.95. The van der Waals surface area contributed by atoms with E-state index in [4.69, 9.17) is 84.5 Å². The van der Waals surface area contributed by atoms with Crippen molar-refractivity contribution >= 4 is 151 Å². The number of imidazole rings is 3. The molecule has 3 aliphatic carbocycles. The molecule has 15 heterocycles. The smallest absolute Gasteiger partial charge is 0.239 e. The fraction of sp³-hybridized carbons (Fsp3) is 0.475. The molecule has 774 valence electrons. The SMILES string of the molecule is C[C@@H]1COCCN1c1cc(N=[S@@](C)(=O)C2COC2)nc(-c2cccc(N)c2)n1.C[C@@H]1COCCN1c1cc(N=[S@](C)(=O)C2COC2)nc(-c2cccc(N)c2)n1.Cc1nc2ccccc2n1-c1nc(N=S(C)(=O)C2CC2)cc(N2CCOC[C@H]2C)n1.Cc1nc2ccccc2n1-c1nc(N=[S@@](C)(=O)C2CC2)cc(N2CCOC[C@H]2C)n1.Cc1nc2ccccc2n1-c1nc(N=[S@](C)(=O)C2CC2)cc(N2CCOC[C@H]2C)n1. The van der Waals surface area contributed by atoms with Crippen LogP contribution in [0.3, 0.4) is 0 Å². The molecule has 7 saturated heterocycles. The van der Waals surface area contributed by atoms with Crippen LogP contribution in [0.2, 0.25) is 0 Å². The second-order valence-electron chi connectivity index (χ2n) is 38.9. The number of morpholine rings is 5. The molecule has 7 aliphatic heterocycles. The Labute approximate surface area is 852 Å². The highest BCUT2D eigenvalue weighted by Crippen LogP contribution is 2.40. The fourth-order valence-electron chi connectivity index (χ4n) is 18.2. The number of hydrogen-bond donors (Lipinski definition) is 2. The summed E-state index contributed by atoms with van der Waals surface area (Å²) in [6.07, 6.45) is 14.4. The highest BCUT2D eigenvalue weighted by Gasteiger charge is 2.37. The standard InChI is InChI=1S/3C21H26N6O2S.2C19H25N5O3S/c3*1-14-13-29-11-10-26(14)20-12-19(25-30(3,28)16-8-9-16)23-21(24-20)27-15(2)22-17-6-4-5-7-18(17)27;2*1-13-10-26-7-6-24(13)18-9-17(23-28(2,25)16-11-27-12-16)21-19(22-18)14-4-3-5-15(20)8-14/h3*4-7,12,14,16H,8-11,13H2,1-3H3;2*3-5,8-9,13,16H,6-7,10-12,20H2,1-2H3/t14-,30?;14-,30+;14-,30-;13-,28+;13-,28-/m11111/s1. The first-order chi connectivity index (χ1) is 70.1. The quantitative estimate of drug-likeness (QED) is 0.0669. The molecule has 45 heteroatoms. The van der Waals surface area contributed by atoms with Gasteiger partial charge in [0, 0.05) is 133 Å². The van der Waals surface area contributed by atoms with E-state index in [-0.39, 0.29) is 56.5 Å². The van der Waals surface area contributed by atoms with Gasteiger partial charge in [-0.2, -0.15) is 51.7 Å². The van der Waals surface area contributed by atoms with E-state index in [1.165, 1.54) is 0 Å². The van der Waals surface area contributed by atoms with Gasteiger partial charge in [-0.25, -0.2) is 55.9 Å². The summed E-state index contributed by atoms with van der Waals surface area (Å²) in [5.41, 5.74) is 20.2. The molecule has 10 aliphatic rings. The molecule has 0 amide bonds. The molecule has 23 rings (SSSR count). The molecule has 0 radical (unpaired) electrons. The van der Waals surface area contributed by atoms with Crippen molar-refractivity contribution in [3.8, 4) is 40.6 Å². The molecule has 8 aromatic heterocycles. The Morgan fingerprint density at radius 1 is 0.281 bits per heavy atom. The number of benzene rings is 5. The number of rotatable bonds is 20. The average Bonchev–Trinajstić information content (AvgIpc) is 1.54. The molecular weight excluding hydrogens is 1960 g/mol. The van der Waals surface area contributed by atoms with Crippen LogP contribution in [0, 0.1) is 20.8 Å². The molecular formula is C101H128N28O12S5. The van der Waals surface area contributed by atoms with Crippen LogP contribution in [0.25, 0.3) is 73.7 Å². The monoisotopic (exact) mass is 2080 g/mol. The lowest BCUT2D eigenvalue weighted by molar-refractivity contribution is 0.0430. The summed E-state index contributed by atoms with van der Waals surface area (Å²) >= 11 is 0. The Morgan fingerprint density at radius 2 is 0.527 bits per heavy atom. The van der Waals surface area contributed by atoms with Gasteiger partial charge in [0.25, 0.3) is 0 Å². The van der Waals surface area contributed by atoms with Gasteiger partial charge in [-0.1, -0.05) is 60.7 Å². The average molecular weight is 2090 g/mol. The predicted molar refractivity (Wildman–Crippen MR) is 575 cm³/mol. The Bertz CT molecular complexity index is 7100. The van der Waals surface area contributed by atoms with E-state index < -0.39 is 48.6 Å². The summed E-state index contributed by atoms with van der Waals surface area (Å²) in [6, 6.07) is 48.7. The lowest BCUT2D eigenvalue weighted by Gasteiger charge is -2.34. The Hall–Kier alpha value is -12.0. The van der Waals surface area contributed by atoms with Gasteiger partial charge in [-0.15, -0.1) is 0 Å². The first-order valence-corrected chi connectivity index (χ1v) is 59.5. The Kier molecular flexibility index (Phi) is 30.5. The summed E-state index contributed by atoms with van der Waals surface area (Å²) in [5.74, 6) is 11.0. The summed E-state index contributed by atoms with van der Waals surface area (Å²) in [4.78, 5) is 72.4. The number of fused-ring (bicyclic) bond motifs is 3. The molecule has 3 saturated carbocycles. The van der Waals surface area contributed by atoms with Crippen molar-refractivity contribution in [2.24, 2.45) is 21.8 Å². The van der Waals surface area contributed by atoms with Crippen molar-refractivity contribution in [1.29, 1.82) is 0 Å². The number of anilines is 7. The topological polar surface area (TPSA) is 462 Å². The molecule has 146 heavy (non-hydrogen) atoms. The van der Waals surface area contributed by atoms with Gasteiger partial charge in [-0.05, 0) is 155 Å². The van der Waals surface area contributed by atoms with Gasteiger partial charge >= 0.3 is 0 Å². The third-order valence-corrected chi connectivity index (χ3v) is 38.0. The first kappa shape index (κ1) is 103. The highest BCUT2D eigenvalue weighted by atomic mass is 32.2. The van der Waals surface area contributed by atoms with E-state index in [1.54, 1.807) is 43.4 Å². The van der Waals surface area contributed by atoms with Crippen molar-refractivity contribution in [3.05, 3.63) is 169 Å². The zero-order valence-corrected chi connectivity index (χ0v) is 88.7. The van der Waals surface area contributed by atoms with Crippen molar-refractivity contribution in [3.63, 3.8) is 0 Å². The maximum Gasteiger partial charge on any atom is 0.239 e. The van der Waals surface area contributed by atoms with E-state index >= 15 is 0 Å². The number of ether oxygens (including phenoxy) is 7. The molecule has 5 aromatic carbocycles. The normalized spacial score (nSPS) is 21.9. The second-order valence-corrected chi connectivity index (χ2v) is 51.8. The van der Waals surface area contributed by atoms with Gasteiger partial charge in [0.15, 0.2) is 40.7 Å². The lowest BCUT2D eigenvalue weighted by atomic mass is 10.2. The number of para-hydroxylation sites is 6. The maximum absolute atomic E-state index is 13.1. The van der Waals surface area contributed by atoms with E-state index in [2.05, 4.69) is 106 Å². The fourth-order valence-corrected chi connectivity index (χ4v) is 25.7. The van der Waals surface area contributed by atoms with Crippen molar-refractivity contribution in [2.75, 3.05) is 192 Å². The van der Waals surface area contributed by atoms with Crippen molar-refractivity contribution < 1.29 is 54.2 Å². The Balaban J connectivity index is 0.000000115. The summed E-state index contributed by atoms with van der Waals surface area (Å²) in [6.45, 7) is 28.3. The minimum Gasteiger partial charge on any atom is -0.399 e. The van der Waals surface area contributed by atoms with E-state index in [1.807, 2.05) is 174 Å². The van der Waals surface area contributed by atoms with Crippen LogP contribution in [0.4, 0.5) is 69.6 Å². The van der Waals surface area contributed by atoms with Crippen LogP contribution in [0.15, 0.2) is 173 Å². The number of hydrogen-bond acceptors (Lipinski definition) is 37. The lowest BCUT2D eigenvalue weighted by Crippen LogP contribution is -2.44. The minimum atomic E-state index is -2.45. The van der Waals surface area contributed by atoms with E-state index in [9.17, 15) is 21.0 Å². The van der Waals surface area contributed by atoms with E-state index in [0.29, 0.717) is 162 Å². The van der Waals surface area contributed by atoms with E-state index in [0.717, 1.165) is 162 Å². The Morgan fingerprint density at radius 3 is 0.767 bits per heavy atom. The number of nitrogens with zero attached hydrogens (tertiary/aromatic N) is 26. The number of nitrogen functional groups attached to an aromatic ring is 2. The molecule has 0 bridgehead atoms. The molecule has 10 fully saturated rings. The van der Waals surface area contributed by atoms with Crippen molar-refractivity contribution in [2.45, 2.75) is 150 Å². The van der Waals surface area contributed by atoms with Gasteiger partial charge in [0.2, 0.25) is 17.8 Å². The second kappa shape index (κ2) is 43.4. The van der Waals surface area contributed by atoms with Crippen molar-refractivity contribution in [1.82, 2.24) is 78.5 Å². The molecule has 40 nitrogen and oxygen atoms in total. The summed E-state index contributed by atoms with van der Waals surface area (Å²) < 4.78 is 132. The van der Waals surface area contributed by atoms with Crippen LogP contribution < -0.4 is 36.0 Å². The van der Waals surface area contributed by atoms with Gasteiger partial charge in [0.1, 0.15) is 46.6 Å². The summed E-state index contributed by atoms with van der Waals surface area (Å²) in [5, 5.41) is 0.362. The summed E-state index contributed by atoms with van der Waals surface area (Å²) in [7, 11) is -11.9. The van der Waals surface area contributed by atoms with Gasteiger partial charge in [-0.3, -0.25) is 13.7 Å². The molecule has 1 unspecified atom stereocenters. The van der Waals surface area contributed by atoms with Crippen LogP contribution in [-0.2, 0) is 81.8 Å². The third kappa shape index (κ3) is 23.9. The molecule has 13 aromatic rings. The predicted octanol–water partition coefficient (Wildman–Crippen LogP) is 13.9. The minimum absolute atomic E-state index is 0.0657. The van der Waals surface area contributed by atoms with Crippen LogP contribution >= 0.6 is 0 Å². The maximum atomic E-state index is 13.1. The number of nitrogens with two attached hydrogens (primary N) is 2. The number of aromatic nitrogens is 16. The molecule has 0 spiro atoms. The number of aryl methyl sites for hydroxylation is 3. The van der Waals surface area contributed by atoms with Crippen LogP contribution in [0.5, 0.6) is 0 Å². The third-order valence-electron chi connectivity index (χ3n) is 27.1. The largest absolute Gasteiger partial charge is 0.399 e. The molecule has 10 atom stereocenters. The van der Waals surface area contributed by atoms with Gasteiger partial charge < -0.3 is 69.1 Å². The zero-order valence-electron chi connectivity index (χ0n) is 84.6. The van der Waals surface area contributed by atoms with Crippen LogP contribution in [0.1, 0.15) is 90.6 Å². The first-order valence-electron chi connectivity index (χ1n) is 49.5. The van der Waals surface area contributed by atoms with Crippen LogP contribution in [-0.4, -0.2) is 312 Å². The zero-order chi connectivity index (χ0) is 102. The molecule has 4 N–H and O–H groups in total.